The molecule has 1 atom stereocenters. The van der Waals surface area contributed by atoms with Crippen molar-refractivity contribution in [2.24, 2.45) is 0 Å². The average Bonchev–Trinajstić information content (AvgIpc) is 3.07. The van der Waals surface area contributed by atoms with E-state index in [0.29, 0.717) is 0 Å². The Labute approximate surface area is 187 Å². The average molecular weight is 437 g/mol. The molecule has 0 saturated heterocycles. The summed E-state index contributed by atoms with van der Waals surface area (Å²) in [5.41, 5.74) is 4.16. The first-order valence-electron chi connectivity index (χ1n) is 11.0. The molecule has 0 spiro atoms. The number of nitrogens with one attached hydrogen (secondary N) is 2. The summed E-state index contributed by atoms with van der Waals surface area (Å²) < 4.78 is 5.52. The summed E-state index contributed by atoms with van der Waals surface area (Å²) in [6, 6.07) is 15.1. The zero-order valence-electron chi connectivity index (χ0n) is 18.1. The quantitative estimate of drug-likeness (QED) is 0.584. The van der Waals surface area contributed by atoms with E-state index in [2.05, 4.69) is 22.8 Å². The third-order valence-corrected chi connectivity index (χ3v) is 6.48. The van der Waals surface area contributed by atoms with Gasteiger partial charge >= 0.3 is 12.1 Å². The number of aliphatic carboxylic acids is 1. The molecule has 3 N–H and O–H groups in total. The van der Waals surface area contributed by atoms with Crippen LogP contribution in [0.1, 0.15) is 56.1 Å². The SMILES string of the molecule is CC1(NC(=O)C(CCC(=O)O)NC(=O)OCC2c3ccccc3-c3ccccc32)CCC1. The van der Waals surface area contributed by atoms with Crippen LogP contribution in [0, 0.1) is 0 Å². The van der Waals surface area contributed by atoms with Gasteiger partial charge in [-0.1, -0.05) is 48.5 Å². The van der Waals surface area contributed by atoms with Crippen LogP contribution in [0.4, 0.5) is 4.79 Å². The van der Waals surface area contributed by atoms with Crippen molar-refractivity contribution in [2.75, 3.05) is 6.61 Å². The molecule has 0 radical (unpaired) electrons. The predicted octanol–water partition coefficient (Wildman–Crippen LogP) is 3.82. The molecule has 1 saturated carbocycles. The number of rotatable bonds is 8. The fourth-order valence-corrected chi connectivity index (χ4v) is 4.54. The van der Waals surface area contributed by atoms with Crippen molar-refractivity contribution in [3.05, 3.63) is 59.7 Å². The number of carboxylic acids is 1. The molecule has 168 valence electrons. The molecule has 7 nitrogen and oxygen atoms in total. The van der Waals surface area contributed by atoms with Gasteiger partial charge < -0.3 is 20.5 Å². The standard InChI is InChI=1S/C25H28N2O5/c1-25(13-6-14-25)27-23(30)21(11-12-22(28)29)26-24(31)32-15-20-18-9-4-2-7-16(18)17-8-3-5-10-19(17)20/h2-5,7-10,20-21H,6,11-15H2,1H3,(H,26,31)(H,27,30)(H,28,29). The molecule has 0 bridgehead atoms. The summed E-state index contributed by atoms with van der Waals surface area (Å²) in [5, 5.41) is 14.5. The third-order valence-electron chi connectivity index (χ3n) is 6.48. The van der Waals surface area contributed by atoms with Crippen molar-refractivity contribution >= 4 is 18.0 Å². The van der Waals surface area contributed by atoms with E-state index in [4.69, 9.17) is 9.84 Å². The Balaban J connectivity index is 1.41. The highest BCUT2D eigenvalue weighted by molar-refractivity contribution is 5.87. The molecule has 1 fully saturated rings. The van der Waals surface area contributed by atoms with Crippen LogP contribution in [0.5, 0.6) is 0 Å². The van der Waals surface area contributed by atoms with Crippen molar-refractivity contribution in [1.82, 2.24) is 10.6 Å². The molecule has 2 aliphatic rings. The van der Waals surface area contributed by atoms with Crippen LogP contribution < -0.4 is 10.6 Å². The van der Waals surface area contributed by atoms with Crippen molar-refractivity contribution < 1.29 is 24.2 Å². The highest BCUT2D eigenvalue weighted by atomic mass is 16.5. The van der Waals surface area contributed by atoms with Gasteiger partial charge in [-0.05, 0) is 54.9 Å². The summed E-state index contributed by atoms with van der Waals surface area (Å²) in [6.45, 7) is 2.08. The normalized spacial score (nSPS) is 16.8. The van der Waals surface area contributed by atoms with Crippen LogP contribution in [0.2, 0.25) is 0 Å². The maximum Gasteiger partial charge on any atom is 0.407 e. The molecule has 2 aromatic rings. The fourth-order valence-electron chi connectivity index (χ4n) is 4.54. The molecular weight excluding hydrogens is 408 g/mol. The molecule has 4 rings (SSSR count). The second kappa shape index (κ2) is 9.02. The molecule has 0 aromatic heterocycles. The lowest BCUT2D eigenvalue weighted by Crippen LogP contribution is -2.57. The van der Waals surface area contributed by atoms with Gasteiger partial charge in [-0.3, -0.25) is 9.59 Å². The number of ether oxygens (including phenoxy) is 1. The first-order chi connectivity index (χ1) is 15.4. The summed E-state index contributed by atoms with van der Waals surface area (Å²) in [5.74, 6) is -1.48. The van der Waals surface area contributed by atoms with E-state index in [1.54, 1.807) is 0 Å². The number of carboxylic acid groups (broad SMARTS) is 1. The minimum absolute atomic E-state index is 0.00143. The first-order valence-corrected chi connectivity index (χ1v) is 11.0. The van der Waals surface area contributed by atoms with Crippen molar-refractivity contribution in [1.29, 1.82) is 0 Å². The first kappa shape index (κ1) is 21.9. The number of benzene rings is 2. The van der Waals surface area contributed by atoms with Crippen LogP contribution in [0.15, 0.2) is 48.5 Å². The lowest BCUT2D eigenvalue weighted by molar-refractivity contribution is -0.137. The summed E-state index contributed by atoms with van der Waals surface area (Å²) in [4.78, 5) is 36.3. The number of alkyl carbamates (subject to hydrolysis) is 1. The van der Waals surface area contributed by atoms with Gasteiger partial charge in [0.15, 0.2) is 0 Å². The number of amides is 2. The highest BCUT2D eigenvalue weighted by Crippen LogP contribution is 2.44. The van der Waals surface area contributed by atoms with E-state index in [9.17, 15) is 14.4 Å². The molecule has 2 aromatic carbocycles. The van der Waals surface area contributed by atoms with Gasteiger partial charge in [-0.15, -0.1) is 0 Å². The number of fused-ring (bicyclic) bond motifs is 3. The molecule has 32 heavy (non-hydrogen) atoms. The van der Waals surface area contributed by atoms with Gasteiger partial charge in [0.25, 0.3) is 0 Å². The topological polar surface area (TPSA) is 105 Å². The molecule has 1 unspecified atom stereocenters. The monoisotopic (exact) mass is 436 g/mol. The number of carbonyl (C=O) groups excluding carboxylic acids is 2. The Kier molecular flexibility index (Phi) is 6.17. The highest BCUT2D eigenvalue weighted by Gasteiger charge is 2.36. The van der Waals surface area contributed by atoms with Gasteiger partial charge in [0.2, 0.25) is 5.91 Å². The van der Waals surface area contributed by atoms with E-state index < -0.39 is 18.1 Å². The Morgan fingerprint density at radius 1 is 1.06 bits per heavy atom. The second-order valence-electron chi connectivity index (χ2n) is 8.86. The van der Waals surface area contributed by atoms with Gasteiger partial charge in [0.05, 0.1) is 0 Å². The van der Waals surface area contributed by atoms with E-state index in [0.717, 1.165) is 41.5 Å². The second-order valence-corrected chi connectivity index (χ2v) is 8.86. The molecule has 2 amide bonds. The van der Waals surface area contributed by atoms with Crippen LogP contribution >= 0.6 is 0 Å². The minimum atomic E-state index is -1.02. The number of hydrogen-bond donors (Lipinski definition) is 3. The maximum atomic E-state index is 12.7. The van der Waals surface area contributed by atoms with Gasteiger partial charge in [0.1, 0.15) is 12.6 Å². The molecule has 0 aliphatic heterocycles. The van der Waals surface area contributed by atoms with E-state index in [-0.39, 0.29) is 36.8 Å². The van der Waals surface area contributed by atoms with Gasteiger partial charge in [-0.25, -0.2) is 4.79 Å². The van der Waals surface area contributed by atoms with Crippen molar-refractivity contribution in [2.45, 2.75) is 56.5 Å². The summed E-state index contributed by atoms with van der Waals surface area (Å²) in [7, 11) is 0. The number of carbonyl (C=O) groups is 3. The van der Waals surface area contributed by atoms with Gasteiger partial charge in [-0.2, -0.15) is 0 Å². The zero-order chi connectivity index (χ0) is 22.7. The number of hydrogen-bond acceptors (Lipinski definition) is 4. The molecule has 7 heteroatoms. The molecule has 2 aliphatic carbocycles. The Morgan fingerprint density at radius 2 is 1.66 bits per heavy atom. The lowest BCUT2D eigenvalue weighted by Gasteiger charge is -2.40. The maximum absolute atomic E-state index is 12.7. The van der Waals surface area contributed by atoms with Crippen LogP contribution in [0.25, 0.3) is 11.1 Å². The zero-order valence-corrected chi connectivity index (χ0v) is 18.1. The minimum Gasteiger partial charge on any atom is -0.481 e. The van der Waals surface area contributed by atoms with Crippen molar-refractivity contribution in [3.8, 4) is 11.1 Å². The van der Waals surface area contributed by atoms with E-state index in [1.807, 2.05) is 43.3 Å². The van der Waals surface area contributed by atoms with Crippen LogP contribution in [-0.2, 0) is 14.3 Å². The largest absolute Gasteiger partial charge is 0.481 e. The van der Waals surface area contributed by atoms with Crippen molar-refractivity contribution in [3.63, 3.8) is 0 Å². The summed E-state index contributed by atoms with van der Waals surface area (Å²) >= 11 is 0. The summed E-state index contributed by atoms with van der Waals surface area (Å²) in [6.07, 6.45) is 1.83. The van der Waals surface area contributed by atoms with E-state index >= 15 is 0 Å². The smallest absolute Gasteiger partial charge is 0.407 e. The Morgan fingerprint density at radius 3 is 2.19 bits per heavy atom. The Bertz CT molecular complexity index is 985. The molecular formula is C25H28N2O5. The fraction of sp³-hybridized carbons (Fsp3) is 0.400. The Hall–Kier alpha value is -3.35. The van der Waals surface area contributed by atoms with E-state index in [1.165, 1.54) is 0 Å². The molecule has 0 heterocycles. The lowest BCUT2D eigenvalue weighted by atomic mass is 9.78. The predicted molar refractivity (Wildman–Crippen MR) is 119 cm³/mol. The van der Waals surface area contributed by atoms with Crippen LogP contribution in [-0.4, -0.2) is 41.3 Å². The third kappa shape index (κ3) is 4.61. The van der Waals surface area contributed by atoms with Gasteiger partial charge in [0, 0.05) is 17.9 Å². The van der Waals surface area contributed by atoms with Crippen LogP contribution in [0.3, 0.4) is 0 Å².